The van der Waals surface area contributed by atoms with E-state index in [9.17, 15) is 34.2 Å². The van der Waals surface area contributed by atoms with Gasteiger partial charge in [0.25, 0.3) is 0 Å². The van der Waals surface area contributed by atoms with Crippen molar-refractivity contribution < 1.29 is 39.3 Å². The van der Waals surface area contributed by atoms with Crippen LogP contribution >= 0.6 is 11.8 Å². The second-order valence-electron chi connectivity index (χ2n) is 6.69. The molecule has 0 aromatic rings. The molecular weight excluding hydrogens is 420 g/mol. The number of rotatable bonds is 14. The lowest BCUT2D eigenvalue weighted by Crippen LogP contribution is -2.59. The van der Waals surface area contributed by atoms with Crippen molar-refractivity contribution >= 4 is 41.4 Å². The van der Waals surface area contributed by atoms with Crippen LogP contribution in [0, 0.1) is 0 Å². The van der Waals surface area contributed by atoms with Gasteiger partial charge < -0.3 is 37.0 Å². The lowest BCUT2D eigenvalue weighted by Gasteiger charge is -2.26. The van der Waals surface area contributed by atoms with Gasteiger partial charge in [-0.1, -0.05) is 0 Å². The van der Waals surface area contributed by atoms with Crippen LogP contribution in [0.25, 0.3) is 0 Å². The molecule has 0 heterocycles. The van der Waals surface area contributed by atoms with E-state index in [2.05, 4.69) is 16.0 Å². The molecule has 0 bridgehead atoms. The van der Waals surface area contributed by atoms with Gasteiger partial charge in [0.2, 0.25) is 17.7 Å². The number of aliphatic carboxylic acids is 2. The molecule has 172 valence electrons. The van der Waals surface area contributed by atoms with Crippen LogP contribution in [0.3, 0.4) is 0 Å². The highest BCUT2D eigenvalue weighted by molar-refractivity contribution is 7.98. The molecule has 8 N–H and O–H groups in total. The quantitative estimate of drug-likeness (QED) is 0.153. The Morgan fingerprint density at radius 2 is 1.47 bits per heavy atom. The van der Waals surface area contributed by atoms with Crippen molar-refractivity contribution in [3.63, 3.8) is 0 Å². The highest BCUT2D eigenvalue weighted by Gasteiger charge is 2.32. The molecule has 5 unspecified atom stereocenters. The lowest BCUT2D eigenvalue weighted by molar-refractivity contribution is -0.143. The number of aliphatic hydroxyl groups is 1. The highest BCUT2D eigenvalue weighted by Crippen LogP contribution is 2.05. The maximum atomic E-state index is 12.5. The molecule has 30 heavy (non-hydrogen) atoms. The van der Waals surface area contributed by atoms with E-state index in [0.29, 0.717) is 5.75 Å². The Kier molecular flexibility index (Phi) is 12.7. The van der Waals surface area contributed by atoms with Crippen LogP contribution in [-0.4, -0.2) is 87.3 Å². The van der Waals surface area contributed by atoms with Crippen molar-refractivity contribution in [1.82, 2.24) is 16.0 Å². The van der Waals surface area contributed by atoms with Crippen molar-refractivity contribution in [3.05, 3.63) is 0 Å². The molecule has 5 atom stereocenters. The number of carboxylic acids is 2. The molecule has 0 aliphatic carbocycles. The summed E-state index contributed by atoms with van der Waals surface area (Å²) in [6.45, 7) is 2.61. The second kappa shape index (κ2) is 13.8. The topological polar surface area (TPSA) is 208 Å². The molecule has 0 rings (SSSR count). The second-order valence-corrected chi connectivity index (χ2v) is 7.68. The largest absolute Gasteiger partial charge is 0.481 e. The molecule has 3 amide bonds. The van der Waals surface area contributed by atoms with Crippen LogP contribution in [0.1, 0.15) is 33.1 Å². The number of thioether (sulfide) groups is 1. The fraction of sp³-hybridized carbons (Fsp3) is 0.706. The summed E-state index contributed by atoms with van der Waals surface area (Å²) in [6, 6.07) is -5.02. The fourth-order valence-electron chi connectivity index (χ4n) is 2.25. The molecule has 0 radical (unpaired) electrons. The maximum absolute atomic E-state index is 12.5. The summed E-state index contributed by atoms with van der Waals surface area (Å²) in [5.74, 6) is -4.59. The summed E-state index contributed by atoms with van der Waals surface area (Å²) >= 11 is 1.38. The lowest BCUT2D eigenvalue weighted by atomic mass is 10.1. The van der Waals surface area contributed by atoms with Gasteiger partial charge in [-0.15, -0.1) is 0 Å². The number of aliphatic hydroxyl groups excluding tert-OH is 1. The van der Waals surface area contributed by atoms with E-state index < -0.39 is 66.4 Å². The molecule has 0 fully saturated rings. The minimum Gasteiger partial charge on any atom is -0.481 e. The van der Waals surface area contributed by atoms with Crippen molar-refractivity contribution in [3.8, 4) is 0 Å². The molecule has 0 saturated heterocycles. The average molecular weight is 451 g/mol. The molecule has 0 spiro atoms. The Balaban J connectivity index is 5.40. The predicted molar refractivity (Wildman–Crippen MR) is 109 cm³/mol. The normalized spacial score (nSPS) is 15.8. The zero-order valence-electron chi connectivity index (χ0n) is 17.1. The van der Waals surface area contributed by atoms with Crippen LogP contribution in [0.15, 0.2) is 0 Å². The standard InChI is InChI=1S/C17H30N4O8S/c1-8(18)14(25)21-13(9(2)22)16(27)19-10(4-5-12(23)24)15(26)20-11(17(28)29)6-7-30-3/h8-11,13,22H,4-7,18H2,1-3H3,(H,19,27)(H,20,26)(H,21,25)(H,23,24)(H,28,29). The number of carbonyl (C=O) groups excluding carboxylic acids is 3. The maximum Gasteiger partial charge on any atom is 0.326 e. The summed E-state index contributed by atoms with van der Waals surface area (Å²) < 4.78 is 0. The van der Waals surface area contributed by atoms with Gasteiger partial charge in [-0.3, -0.25) is 19.2 Å². The van der Waals surface area contributed by atoms with E-state index in [4.69, 9.17) is 10.8 Å². The molecule has 0 aliphatic rings. The van der Waals surface area contributed by atoms with E-state index >= 15 is 0 Å². The van der Waals surface area contributed by atoms with Crippen LogP contribution in [0.2, 0.25) is 0 Å². The number of hydrogen-bond acceptors (Lipinski definition) is 8. The number of carboxylic acid groups (broad SMARTS) is 2. The average Bonchev–Trinajstić information content (AvgIpc) is 2.64. The summed E-state index contributed by atoms with van der Waals surface area (Å²) in [5.41, 5.74) is 5.43. The zero-order chi connectivity index (χ0) is 23.4. The van der Waals surface area contributed by atoms with Crippen LogP contribution in [0.5, 0.6) is 0 Å². The monoisotopic (exact) mass is 450 g/mol. The Morgan fingerprint density at radius 3 is 1.90 bits per heavy atom. The summed E-state index contributed by atoms with van der Waals surface area (Å²) in [5, 5.41) is 34.7. The molecule has 0 aromatic carbocycles. The predicted octanol–water partition coefficient (Wildman–Crippen LogP) is -2.13. The van der Waals surface area contributed by atoms with E-state index in [-0.39, 0.29) is 12.8 Å². The Labute approximate surface area is 178 Å². The fourth-order valence-corrected chi connectivity index (χ4v) is 2.72. The first kappa shape index (κ1) is 27.6. The summed E-state index contributed by atoms with van der Waals surface area (Å²) in [4.78, 5) is 59.1. The van der Waals surface area contributed by atoms with Gasteiger partial charge in [0, 0.05) is 6.42 Å². The molecule has 13 heteroatoms. The number of nitrogens with one attached hydrogen (secondary N) is 3. The summed E-state index contributed by atoms with van der Waals surface area (Å²) in [6.07, 6.45) is -0.252. The third-order valence-electron chi connectivity index (χ3n) is 3.98. The van der Waals surface area contributed by atoms with Gasteiger partial charge in [0.15, 0.2) is 0 Å². The Bertz CT molecular complexity index is 629. The number of amides is 3. The molecule has 0 saturated carbocycles. The van der Waals surface area contributed by atoms with Gasteiger partial charge in [0.05, 0.1) is 12.1 Å². The van der Waals surface area contributed by atoms with Gasteiger partial charge in [0.1, 0.15) is 18.1 Å². The van der Waals surface area contributed by atoms with Crippen molar-refractivity contribution in [1.29, 1.82) is 0 Å². The Hall–Kier alpha value is -2.38. The smallest absolute Gasteiger partial charge is 0.326 e. The molecule has 0 aliphatic heterocycles. The highest BCUT2D eigenvalue weighted by atomic mass is 32.2. The molecule has 12 nitrogen and oxygen atoms in total. The SMILES string of the molecule is CSCCC(NC(=O)C(CCC(=O)O)NC(=O)C(NC(=O)C(C)N)C(C)O)C(=O)O. The number of hydrogen-bond donors (Lipinski definition) is 7. The van der Waals surface area contributed by atoms with Gasteiger partial charge >= 0.3 is 11.9 Å². The molecule has 0 aromatic heterocycles. The van der Waals surface area contributed by atoms with Crippen molar-refractivity contribution in [2.45, 2.75) is 63.4 Å². The third kappa shape index (κ3) is 10.4. The minimum atomic E-state index is -1.45. The molecular formula is C17H30N4O8S. The van der Waals surface area contributed by atoms with E-state index in [1.165, 1.54) is 25.6 Å². The number of nitrogens with two attached hydrogens (primary N) is 1. The minimum absolute atomic E-state index is 0.128. The van der Waals surface area contributed by atoms with Gasteiger partial charge in [-0.05, 0) is 38.7 Å². The summed E-state index contributed by atoms with van der Waals surface area (Å²) in [7, 11) is 0. The van der Waals surface area contributed by atoms with Crippen LogP contribution in [0.4, 0.5) is 0 Å². The van der Waals surface area contributed by atoms with Crippen LogP contribution in [-0.2, 0) is 24.0 Å². The van der Waals surface area contributed by atoms with Gasteiger partial charge in [-0.25, -0.2) is 4.79 Å². The van der Waals surface area contributed by atoms with Crippen molar-refractivity contribution in [2.24, 2.45) is 5.73 Å². The van der Waals surface area contributed by atoms with Gasteiger partial charge in [-0.2, -0.15) is 11.8 Å². The first-order valence-electron chi connectivity index (χ1n) is 9.19. The Morgan fingerprint density at radius 1 is 0.900 bits per heavy atom. The van der Waals surface area contributed by atoms with E-state index in [0.717, 1.165) is 0 Å². The zero-order valence-corrected chi connectivity index (χ0v) is 17.9. The van der Waals surface area contributed by atoms with E-state index in [1.54, 1.807) is 6.26 Å². The van der Waals surface area contributed by atoms with Crippen LogP contribution < -0.4 is 21.7 Å². The first-order valence-corrected chi connectivity index (χ1v) is 10.6. The number of carbonyl (C=O) groups is 5. The van der Waals surface area contributed by atoms with Crippen molar-refractivity contribution in [2.75, 3.05) is 12.0 Å². The van der Waals surface area contributed by atoms with E-state index in [1.807, 2.05) is 0 Å². The first-order chi connectivity index (χ1) is 13.9. The third-order valence-corrected chi connectivity index (χ3v) is 4.63.